The van der Waals surface area contributed by atoms with Crippen LogP contribution in [0, 0.1) is 0 Å². The minimum Gasteiger partial charge on any atom is -0.294 e. The molecule has 0 atom stereocenters. The first-order valence-electron chi connectivity index (χ1n) is 6.00. The Morgan fingerprint density at radius 1 is 0.750 bits per heavy atom. The summed E-state index contributed by atoms with van der Waals surface area (Å²) in [5.74, 6) is -0.698. The lowest BCUT2D eigenvalue weighted by molar-refractivity contribution is 0.0890. The van der Waals surface area contributed by atoms with Crippen molar-refractivity contribution in [3.63, 3.8) is 0 Å². The summed E-state index contributed by atoms with van der Waals surface area (Å²) in [6, 6.07) is 14.8. The zero-order valence-corrected chi connectivity index (χ0v) is 11.3. The van der Waals surface area contributed by atoms with E-state index in [4.69, 9.17) is 11.6 Å². The van der Waals surface area contributed by atoms with E-state index >= 15 is 0 Å². The van der Waals surface area contributed by atoms with Crippen molar-refractivity contribution >= 4 is 28.4 Å². The molecule has 3 nitrogen and oxygen atoms in total. The molecule has 0 aliphatic carbocycles. The SMILES string of the molecule is O=C(CC(=O)c1ccccc1C(=O)Cl)c1ccccc1. The highest BCUT2D eigenvalue weighted by Crippen LogP contribution is 2.15. The number of benzene rings is 2. The highest BCUT2D eigenvalue weighted by molar-refractivity contribution is 6.68. The lowest BCUT2D eigenvalue weighted by Gasteiger charge is -2.04. The van der Waals surface area contributed by atoms with E-state index in [0.29, 0.717) is 5.56 Å². The van der Waals surface area contributed by atoms with E-state index in [9.17, 15) is 14.4 Å². The molecule has 0 saturated carbocycles. The van der Waals surface area contributed by atoms with Crippen LogP contribution in [0.3, 0.4) is 0 Å². The molecular weight excluding hydrogens is 276 g/mol. The van der Waals surface area contributed by atoms with E-state index in [1.807, 2.05) is 0 Å². The Morgan fingerprint density at radius 2 is 1.30 bits per heavy atom. The number of hydrogen-bond acceptors (Lipinski definition) is 3. The third kappa shape index (κ3) is 3.19. The molecule has 0 N–H and O–H groups in total. The third-order valence-corrected chi connectivity index (χ3v) is 3.06. The van der Waals surface area contributed by atoms with Gasteiger partial charge in [0.25, 0.3) is 5.24 Å². The number of carbonyl (C=O) groups is 3. The summed E-state index contributed by atoms with van der Waals surface area (Å²) in [7, 11) is 0. The minimum atomic E-state index is -0.707. The van der Waals surface area contributed by atoms with Gasteiger partial charge in [-0.25, -0.2) is 0 Å². The molecule has 100 valence electrons. The van der Waals surface area contributed by atoms with Gasteiger partial charge in [-0.3, -0.25) is 14.4 Å². The van der Waals surface area contributed by atoms with Crippen LogP contribution in [0.25, 0.3) is 0 Å². The predicted octanol–water partition coefficient (Wildman–Crippen LogP) is 3.52. The van der Waals surface area contributed by atoms with Crippen molar-refractivity contribution in [1.82, 2.24) is 0 Å². The van der Waals surface area contributed by atoms with E-state index in [-0.39, 0.29) is 23.3 Å². The van der Waals surface area contributed by atoms with Gasteiger partial charge in [0.1, 0.15) is 0 Å². The zero-order valence-electron chi connectivity index (χ0n) is 10.5. The van der Waals surface area contributed by atoms with Crippen LogP contribution in [0.2, 0.25) is 0 Å². The number of Topliss-reactive ketones (excluding diaryl/α,β-unsaturated/α-hetero) is 2. The first-order chi connectivity index (χ1) is 9.59. The quantitative estimate of drug-likeness (QED) is 0.480. The molecule has 0 aliphatic rings. The smallest absolute Gasteiger partial charge is 0.253 e. The van der Waals surface area contributed by atoms with Gasteiger partial charge in [0.15, 0.2) is 11.6 Å². The Bertz CT molecular complexity index is 662. The molecule has 2 aromatic rings. The van der Waals surface area contributed by atoms with Crippen molar-refractivity contribution in [3.05, 3.63) is 71.3 Å². The van der Waals surface area contributed by atoms with E-state index in [1.54, 1.807) is 42.5 Å². The lowest BCUT2D eigenvalue weighted by atomic mass is 9.98. The molecule has 0 radical (unpaired) electrons. The Kier molecular flexibility index (Phi) is 4.43. The Labute approximate surface area is 121 Å². The summed E-state index contributed by atoms with van der Waals surface area (Å²) in [4.78, 5) is 35.3. The minimum absolute atomic E-state index is 0.125. The topological polar surface area (TPSA) is 51.2 Å². The second-order valence-corrected chi connectivity index (χ2v) is 4.55. The van der Waals surface area contributed by atoms with Gasteiger partial charge in [-0.05, 0) is 17.7 Å². The first-order valence-corrected chi connectivity index (χ1v) is 6.37. The predicted molar refractivity (Wildman–Crippen MR) is 76.3 cm³/mol. The van der Waals surface area contributed by atoms with Crippen molar-refractivity contribution in [2.24, 2.45) is 0 Å². The van der Waals surface area contributed by atoms with E-state index in [1.165, 1.54) is 12.1 Å². The molecule has 0 amide bonds. The fraction of sp³-hybridized carbons (Fsp3) is 0.0625. The van der Waals surface area contributed by atoms with Crippen LogP contribution in [0.15, 0.2) is 54.6 Å². The zero-order chi connectivity index (χ0) is 14.5. The van der Waals surface area contributed by atoms with Gasteiger partial charge < -0.3 is 0 Å². The second kappa shape index (κ2) is 6.26. The first kappa shape index (κ1) is 14.2. The summed E-state index contributed by atoms with van der Waals surface area (Å²) in [5, 5.41) is -0.707. The normalized spacial score (nSPS) is 10.1. The fourth-order valence-electron chi connectivity index (χ4n) is 1.86. The van der Waals surface area contributed by atoms with Crippen LogP contribution in [-0.2, 0) is 0 Å². The Balaban J connectivity index is 2.21. The summed E-state index contributed by atoms with van der Waals surface area (Å²) >= 11 is 5.43. The maximum Gasteiger partial charge on any atom is 0.253 e. The molecule has 0 saturated heterocycles. The summed E-state index contributed by atoms with van der Waals surface area (Å²) in [6.07, 6.45) is -0.287. The van der Waals surface area contributed by atoms with Gasteiger partial charge in [-0.1, -0.05) is 48.5 Å². The van der Waals surface area contributed by atoms with Crippen LogP contribution < -0.4 is 0 Å². The maximum absolute atomic E-state index is 12.1. The number of carbonyl (C=O) groups excluding carboxylic acids is 3. The number of ketones is 2. The molecule has 0 spiro atoms. The highest BCUT2D eigenvalue weighted by Gasteiger charge is 2.18. The molecule has 2 aromatic carbocycles. The van der Waals surface area contributed by atoms with Gasteiger partial charge in [-0.2, -0.15) is 0 Å². The molecule has 0 unspecified atom stereocenters. The number of hydrogen-bond donors (Lipinski definition) is 0. The molecule has 0 aromatic heterocycles. The van der Waals surface area contributed by atoms with E-state index in [2.05, 4.69) is 0 Å². The summed E-state index contributed by atoms with van der Waals surface area (Å²) < 4.78 is 0. The molecule has 20 heavy (non-hydrogen) atoms. The summed E-state index contributed by atoms with van der Waals surface area (Å²) in [6.45, 7) is 0. The molecular formula is C16H11ClO3. The van der Waals surface area contributed by atoms with Crippen LogP contribution in [0.5, 0.6) is 0 Å². The largest absolute Gasteiger partial charge is 0.294 e. The summed E-state index contributed by atoms with van der Waals surface area (Å²) in [5.41, 5.74) is 0.771. The van der Waals surface area contributed by atoms with Crippen LogP contribution >= 0.6 is 11.6 Å². The van der Waals surface area contributed by atoms with Crippen molar-refractivity contribution in [3.8, 4) is 0 Å². The van der Waals surface area contributed by atoms with Crippen molar-refractivity contribution in [2.45, 2.75) is 6.42 Å². The van der Waals surface area contributed by atoms with Gasteiger partial charge in [0, 0.05) is 16.7 Å². The average Bonchev–Trinajstić information content (AvgIpc) is 2.48. The molecule has 4 heteroatoms. The van der Waals surface area contributed by atoms with Crippen LogP contribution in [0.4, 0.5) is 0 Å². The second-order valence-electron chi connectivity index (χ2n) is 4.21. The van der Waals surface area contributed by atoms with Crippen molar-refractivity contribution in [1.29, 1.82) is 0 Å². The molecule has 0 aliphatic heterocycles. The monoisotopic (exact) mass is 286 g/mol. The molecule has 0 fully saturated rings. The van der Waals surface area contributed by atoms with E-state index in [0.717, 1.165) is 0 Å². The number of rotatable bonds is 5. The third-order valence-electron chi connectivity index (χ3n) is 2.86. The van der Waals surface area contributed by atoms with Crippen molar-refractivity contribution < 1.29 is 14.4 Å². The maximum atomic E-state index is 12.1. The van der Waals surface area contributed by atoms with Crippen LogP contribution in [-0.4, -0.2) is 16.8 Å². The molecule has 2 rings (SSSR count). The average molecular weight is 287 g/mol. The van der Waals surface area contributed by atoms with Crippen molar-refractivity contribution in [2.75, 3.05) is 0 Å². The Morgan fingerprint density at radius 3 is 1.90 bits per heavy atom. The number of halogens is 1. The standard InChI is InChI=1S/C16H11ClO3/c17-16(20)13-9-5-4-8-12(13)15(19)10-14(18)11-6-2-1-3-7-11/h1-9H,10H2. The Hall–Kier alpha value is -2.26. The van der Waals surface area contributed by atoms with Crippen LogP contribution in [0.1, 0.15) is 37.5 Å². The molecule has 0 heterocycles. The van der Waals surface area contributed by atoms with Gasteiger partial charge >= 0.3 is 0 Å². The highest BCUT2D eigenvalue weighted by atomic mass is 35.5. The van der Waals surface area contributed by atoms with Gasteiger partial charge in [-0.15, -0.1) is 0 Å². The van der Waals surface area contributed by atoms with E-state index < -0.39 is 11.0 Å². The fourth-order valence-corrected chi connectivity index (χ4v) is 2.03. The van der Waals surface area contributed by atoms with Gasteiger partial charge in [0.05, 0.1) is 6.42 Å². The lowest BCUT2D eigenvalue weighted by Crippen LogP contribution is -2.11. The molecule has 0 bridgehead atoms. The van der Waals surface area contributed by atoms with Gasteiger partial charge in [0.2, 0.25) is 0 Å².